The summed E-state index contributed by atoms with van der Waals surface area (Å²) >= 11 is 0. The molecule has 2 aromatic carbocycles. The third-order valence-corrected chi connectivity index (χ3v) is 7.15. The van der Waals surface area contributed by atoms with Gasteiger partial charge in [0.05, 0.1) is 12.3 Å². The highest BCUT2D eigenvalue weighted by molar-refractivity contribution is 5.81. The lowest BCUT2D eigenvalue weighted by molar-refractivity contribution is -0.139. The first kappa shape index (κ1) is 24.7. The summed E-state index contributed by atoms with van der Waals surface area (Å²) in [6, 6.07) is 16.0. The number of carboxylic acids is 1. The number of hydrogen-bond acceptors (Lipinski definition) is 5. The van der Waals surface area contributed by atoms with E-state index in [0.717, 1.165) is 11.1 Å². The van der Waals surface area contributed by atoms with Gasteiger partial charge in [0, 0.05) is 44.7 Å². The quantitative estimate of drug-likeness (QED) is 0.604. The average molecular weight is 480 g/mol. The molecule has 1 aliphatic carbocycles. The summed E-state index contributed by atoms with van der Waals surface area (Å²) in [6.45, 7) is 6.77. The van der Waals surface area contributed by atoms with Crippen molar-refractivity contribution in [2.45, 2.75) is 32.2 Å². The summed E-state index contributed by atoms with van der Waals surface area (Å²) in [7, 11) is 0. The molecule has 0 radical (unpaired) electrons. The first-order valence-corrected chi connectivity index (χ1v) is 12.2. The Morgan fingerprint density at radius 3 is 2.11 bits per heavy atom. The van der Waals surface area contributed by atoms with Crippen molar-refractivity contribution in [3.8, 4) is 11.1 Å². The fourth-order valence-electron chi connectivity index (χ4n) is 4.90. The van der Waals surface area contributed by atoms with Crippen molar-refractivity contribution in [1.29, 1.82) is 0 Å². The van der Waals surface area contributed by atoms with Crippen LogP contribution in [-0.2, 0) is 14.3 Å². The van der Waals surface area contributed by atoms with Gasteiger partial charge < -0.3 is 20.1 Å². The minimum atomic E-state index is -0.815. The molecule has 1 fully saturated rings. The van der Waals surface area contributed by atoms with Crippen molar-refractivity contribution >= 4 is 18.0 Å². The van der Waals surface area contributed by atoms with Crippen LogP contribution < -0.4 is 5.32 Å². The summed E-state index contributed by atoms with van der Waals surface area (Å²) in [6.07, 6.45) is -0.427. The van der Waals surface area contributed by atoms with Crippen LogP contribution in [0.5, 0.6) is 0 Å². The zero-order valence-electron chi connectivity index (χ0n) is 20.3. The van der Waals surface area contributed by atoms with Crippen molar-refractivity contribution in [3.63, 3.8) is 0 Å². The number of benzene rings is 2. The number of alkyl carbamates (subject to hydrolysis) is 1. The zero-order valence-corrected chi connectivity index (χ0v) is 20.3. The van der Waals surface area contributed by atoms with Gasteiger partial charge in [0.2, 0.25) is 5.91 Å². The average Bonchev–Trinajstić information content (AvgIpc) is 3.19. The summed E-state index contributed by atoms with van der Waals surface area (Å²) in [5, 5.41) is 11.7. The summed E-state index contributed by atoms with van der Waals surface area (Å²) in [4.78, 5) is 40.2. The molecule has 0 spiro atoms. The molecule has 186 valence electrons. The van der Waals surface area contributed by atoms with Crippen molar-refractivity contribution in [1.82, 2.24) is 15.1 Å². The molecule has 35 heavy (non-hydrogen) atoms. The molecule has 2 amide bonds. The third-order valence-electron chi connectivity index (χ3n) is 7.15. The molecule has 2 N–H and O–H groups in total. The Balaban J connectivity index is 1.27. The number of amides is 2. The fourth-order valence-corrected chi connectivity index (χ4v) is 4.90. The topological polar surface area (TPSA) is 99.2 Å². The van der Waals surface area contributed by atoms with Crippen molar-refractivity contribution in [2.24, 2.45) is 5.92 Å². The van der Waals surface area contributed by atoms with E-state index in [4.69, 9.17) is 9.84 Å². The minimum absolute atomic E-state index is 0.0139. The minimum Gasteiger partial charge on any atom is -0.481 e. The maximum Gasteiger partial charge on any atom is 0.407 e. The van der Waals surface area contributed by atoms with Crippen LogP contribution >= 0.6 is 0 Å². The molecule has 8 heteroatoms. The Morgan fingerprint density at radius 1 is 0.971 bits per heavy atom. The maximum atomic E-state index is 13.0. The lowest BCUT2D eigenvalue weighted by Crippen LogP contribution is -2.53. The Morgan fingerprint density at radius 2 is 1.54 bits per heavy atom. The highest BCUT2D eigenvalue weighted by atomic mass is 16.5. The van der Waals surface area contributed by atoms with Crippen LogP contribution in [0.3, 0.4) is 0 Å². The van der Waals surface area contributed by atoms with Gasteiger partial charge in [0.15, 0.2) is 0 Å². The Kier molecular flexibility index (Phi) is 7.70. The Labute approximate surface area is 205 Å². The predicted octanol–water partition coefficient (Wildman–Crippen LogP) is 3.17. The SMILES string of the molecule is CC(NC(=O)OCC1c2ccccc2-c2ccccc21)C(C)C(=O)N1CCN(CCC(=O)O)CC1. The second-order valence-electron chi connectivity index (χ2n) is 9.36. The van der Waals surface area contributed by atoms with Crippen molar-refractivity contribution in [3.05, 3.63) is 59.7 Å². The van der Waals surface area contributed by atoms with Crippen LogP contribution in [0.1, 0.15) is 37.3 Å². The molecule has 2 aliphatic rings. The van der Waals surface area contributed by atoms with Gasteiger partial charge in [-0.05, 0) is 29.2 Å². The first-order chi connectivity index (χ1) is 16.8. The van der Waals surface area contributed by atoms with Gasteiger partial charge in [0.1, 0.15) is 6.61 Å². The molecular formula is C27H33N3O5. The van der Waals surface area contributed by atoms with Crippen LogP contribution in [0, 0.1) is 5.92 Å². The highest BCUT2D eigenvalue weighted by Crippen LogP contribution is 2.44. The van der Waals surface area contributed by atoms with Crippen LogP contribution in [0.2, 0.25) is 0 Å². The molecule has 4 rings (SSSR count). The largest absolute Gasteiger partial charge is 0.481 e. The monoisotopic (exact) mass is 479 g/mol. The van der Waals surface area contributed by atoms with E-state index < -0.39 is 18.0 Å². The molecule has 8 nitrogen and oxygen atoms in total. The Bertz CT molecular complexity index is 1030. The van der Waals surface area contributed by atoms with Crippen LogP contribution in [0.15, 0.2) is 48.5 Å². The van der Waals surface area contributed by atoms with Crippen molar-refractivity contribution < 1.29 is 24.2 Å². The summed E-state index contributed by atoms with van der Waals surface area (Å²) in [5.74, 6) is -1.25. The van der Waals surface area contributed by atoms with E-state index in [9.17, 15) is 14.4 Å². The van der Waals surface area contributed by atoms with Crippen LogP contribution in [0.4, 0.5) is 4.79 Å². The van der Waals surface area contributed by atoms with Gasteiger partial charge in [0.25, 0.3) is 0 Å². The molecular weight excluding hydrogens is 446 g/mol. The summed E-state index contributed by atoms with van der Waals surface area (Å²) in [5.41, 5.74) is 4.65. The highest BCUT2D eigenvalue weighted by Gasteiger charge is 2.31. The number of fused-ring (bicyclic) bond motifs is 3. The maximum absolute atomic E-state index is 13.0. The molecule has 0 aromatic heterocycles. The molecule has 1 heterocycles. The van der Waals surface area contributed by atoms with E-state index in [1.54, 1.807) is 4.90 Å². The second kappa shape index (κ2) is 10.9. The smallest absolute Gasteiger partial charge is 0.407 e. The number of hydrogen-bond donors (Lipinski definition) is 2. The molecule has 1 aliphatic heterocycles. The lowest BCUT2D eigenvalue weighted by Gasteiger charge is -2.36. The molecule has 2 unspecified atom stereocenters. The van der Waals surface area contributed by atoms with Crippen LogP contribution in [0.25, 0.3) is 11.1 Å². The van der Waals surface area contributed by atoms with Gasteiger partial charge in [-0.1, -0.05) is 55.5 Å². The molecule has 1 saturated heterocycles. The van der Waals surface area contributed by atoms with E-state index >= 15 is 0 Å². The molecule has 2 atom stereocenters. The number of nitrogens with zero attached hydrogens (tertiary/aromatic N) is 2. The number of carbonyl (C=O) groups excluding carboxylic acids is 2. The normalized spacial score (nSPS) is 17.3. The number of carbonyl (C=O) groups is 3. The number of carboxylic acid groups (broad SMARTS) is 1. The third kappa shape index (κ3) is 5.65. The number of nitrogens with one attached hydrogen (secondary N) is 1. The predicted molar refractivity (Wildman–Crippen MR) is 132 cm³/mol. The number of aliphatic carboxylic acids is 1. The molecule has 0 bridgehead atoms. The Hall–Kier alpha value is -3.39. The fraction of sp³-hybridized carbons (Fsp3) is 0.444. The standard InChI is InChI=1S/C27H33N3O5/c1-18(26(33)30-15-13-29(14-16-30)12-11-25(31)32)19(2)28-27(34)35-17-24-22-9-5-3-7-20(22)21-8-4-6-10-23(21)24/h3-10,18-19,24H,11-17H2,1-2H3,(H,28,34)(H,31,32). The van der Waals surface area contributed by atoms with Gasteiger partial charge in [-0.2, -0.15) is 0 Å². The van der Waals surface area contributed by atoms with E-state index in [-0.39, 0.29) is 30.9 Å². The zero-order chi connectivity index (χ0) is 24.9. The van der Waals surface area contributed by atoms with E-state index in [0.29, 0.717) is 32.7 Å². The lowest BCUT2D eigenvalue weighted by atomic mass is 9.98. The number of piperazine rings is 1. The van der Waals surface area contributed by atoms with Gasteiger partial charge in [-0.15, -0.1) is 0 Å². The van der Waals surface area contributed by atoms with E-state index in [2.05, 4.69) is 34.5 Å². The van der Waals surface area contributed by atoms with Crippen LogP contribution in [-0.4, -0.2) is 78.2 Å². The second-order valence-corrected chi connectivity index (χ2v) is 9.36. The first-order valence-electron chi connectivity index (χ1n) is 12.2. The summed E-state index contributed by atoms with van der Waals surface area (Å²) < 4.78 is 5.62. The molecule has 2 aromatic rings. The van der Waals surface area contributed by atoms with Gasteiger partial charge in [-0.3, -0.25) is 14.5 Å². The number of rotatable bonds is 8. The van der Waals surface area contributed by atoms with E-state index in [1.165, 1.54) is 11.1 Å². The van der Waals surface area contributed by atoms with Crippen molar-refractivity contribution in [2.75, 3.05) is 39.3 Å². The van der Waals surface area contributed by atoms with Gasteiger partial charge in [-0.25, -0.2) is 4.79 Å². The van der Waals surface area contributed by atoms with E-state index in [1.807, 2.05) is 38.1 Å². The van der Waals surface area contributed by atoms with Gasteiger partial charge >= 0.3 is 12.1 Å². The molecule has 0 saturated carbocycles. The number of ether oxygens (including phenoxy) is 1.